The zero-order valence-corrected chi connectivity index (χ0v) is 11.5. The molecule has 3 nitrogen and oxygen atoms in total. The van der Waals surface area contributed by atoms with Crippen LogP contribution in [0.15, 0.2) is 0 Å². The van der Waals surface area contributed by atoms with Crippen molar-refractivity contribution in [3.63, 3.8) is 0 Å². The fraction of sp³-hybridized carbons (Fsp3) is 0.929. The van der Waals surface area contributed by atoms with E-state index < -0.39 is 11.4 Å². The first-order chi connectivity index (χ1) is 7.82. The van der Waals surface area contributed by atoms with Gasteiger partial charge in [0.2, 0.25) is 0 Å². The van der Waals surface area contributed by atoms with Crippen molar-refractivity contribution >= 4 is 5.97 Å². The minimum atomic E-state index is -0.608. The van der Waals surface area contributed by atoms with Crippen molar-refractivity contribution in [2.45, 2.75) is 53.0 Å². The molecule has 1 saturated carbocycles. The largest absolute Gasteiger partial charge is 0.481 e. The summed E-state index contributed by atoms with van der Waals surface area (Å²) in [7, 11) is 0. The van der Waals surface area contributed by atoms with E-state index in [1.54, 1.807) is 0 Å². The van der Waals surface area contributed by atoms with Crippen molar-refractivity contribution in [3.05, 3.63) is 0 Å². The molecule has 1 saturated heterocycles. The van der Waals surface area contributed by atoms with Gasteiger partial charge in [-0.1, -0.05) is 20.8 Å². The molecule has 0 aromatic rings. The van der Waals surface area contributed by atoms with Crippen LogP contribution < -0.4 is 0 Å². The van der Waals surface area contributed by atoms with Crippen LogP contribution in [0, 0.1) is 16.7 Å². The molecule has 2 fully saturated rings. The molecule has 2 unspecified atom stereocenters. The maximum absolute atomic E-state index is 11.6. The Bertz CT molecular complexity index is 322. The van der Waals surface area contributed by atoms with Gasteiger partial charge in [-0.15, -0.1) is 0 Å². The average Bonchev–Trinajstić information content (AvgIpc) is 2.83. The Kier molecular flexibility index (Phi) is 3.01. The van der Waals surface area contributed by atoms with E-state index in [1.807, 2.05) is 13.8 Å². The summed E-state index contributed by atoms with van der Waals surface area (Å²) >= 11 is 0. The van der Waals surface area contributed by atoms with Crippen molar-refractivity contribution in [2.75, 3.05) is 13.1 Å². The molecule has 17 heavy (non-hydrogen) atoms. The molecule has 1 aliphatic heterocycles. The lowest BCUT2D eigenvalue weighted by Gasteiger charge is -2.33. The van der Waals surface area contributed by atoms with Gasteiger partial charge in [0, 0.05) is 12.6 Å². The summed E-state index contributed by atoms with van der Waals surface area (Å²) in [6, 6.07) is 0.530. The molecule has 98 valence electrons. The van der Waals surface area contributed by atoms with Crippen LogP contribution in [0.1, 0.15) is 47.0 Å². The van der Waals surface area contributed by atoms with Crippen molar-refractivity contribution in [3.8, 4) is 0 Å². The number of carbonyl (C=O) groups is 1. The summed E-state index contributed by atoms with van der Waals surface area (Å²) < 4.78 is 0. The molecule has 0 aromatic carbocycles. The van der Waals surface area contributed by atoms with Gasteiger partial charge in [-0.05, 0) is 44.1 Å². The van der Waals surface area contributed by atoms with Gasteiger partial charge >= 0.3 is 5.97 Å². The quantitative estimate of drug-likeness (QED) is 0.820. The lowest BCUT2D eigenvalue weighted by atomic mass is 9.76. The predicted octanol–water partition coefficient (Wildman–Crippen LogP) is 2.61. The maximum atomic E-state index is 11.6. The molecule has 3 heteroatoms. The Balaban J connectivity index is 2.09. The van der Waals surface area contributed by atoms with Gasteiger partial charge in [0.25, 0.3) is 0 Å². The number of carboxylic acid groups (broad SMARTS) is 1. The number of carboxylic acids is 1. The first-order valence-electron chi connectivity index (χ1n) is 6.79. The Morgan fingerprint density at radius 1 is 1.24 bits per heavy atom. The van der Waals surface area contributed by atoms with E-state index in [-0.39, 0.29) is 5.92 Å². The van der Waals surface area contributed by atoms with Gasteiger partial charge in [-0.25, -0.2) is 0 Å². The van der Waals surface area contributed by atoms with Gasteiger partial charge in [0.15, 0.2) is 0 Å². The molecule has 0 spiro atoms. The van der Waals surface area contributed by atoms with E-state index in [1.165, 1.54) is 12.8 Å². The molecule has 2 atom stereocenters. The van der Waals surface area contributed by atoms with Crippen LogP contribution in [0.25, 0.3) is 0 Å². The summed E-state index contributed by atoms with van der Waals surface area (Å²) in [6.45, 7) is 10.4. The van der Waals surface area contributed by atoms with Gasteiger partial charge in [-0.3, -0.25) is 9.69 Å². The second-order valence-electron chi connectivity index (χ2n) is 6.67. The van der Waals surface area contributed by atoms with Crippen LogP contribution in [-0.4, -0.2) is 35.1 Å². The predicted molar refractivity (Wildman–Crippen MR) is 67.9 cm³/mol. The highest BCUT2D eigenvalue weighted by atomic mass is 16.4. The minimum Gasteiger partial charge on any atom is -0.481 e. The summed E-state index contributed by atoms with van der Waals surface area (Å²) in [6.07, 6.45) is 3.40. The molecule has 2 aliphatic rings. The molecule has 1 N–H and O–H groups in total. The fourth-order valence-corrected chi connectivity index (χ4v) is 3.14. The first-order valence-corrected chi connectivity index (χ1v) is 6.79. The highest BCUT2D eigenvalue weighted by Gasteiger charge is 2.52. The lowest BCUT2D eigenvalue weighted by molar-refractivity contribution is -0.151. The Hall–Kier alpha value is -0.570. The summed E-state index contributed by atoms with van der Waals surface area (Å²) in [5.41, 5.74) is -0.0644. The monoisotopic (exact) mass is 239 g/mol. The van der Waals surface area contributed by atoms with E-state index in [4.69, 9.17) is 0 Å². The topological polar surface area (TPSA) is 40.5 Å². The number of aliphatic carboxylic acids is 1. The van der Waals surface area contributed by atoms with Crippen molar-refractivity contribution in [2.24, 2.45) is 16.7 Å². The molecule has 1 aliphatic carbocycles. The van der Waals surface area contributed by atoms with Crippen molar-refractivity contribution < 1.29 is 9.90 Å². The van der Waals surface area contributed by atoms with E-state index in [0.29, 0.717) is 11.5 Å². The van der Waals surface area contributed by atoms with Crippen molar-refractivity contribution in [1.82, 2.24) is 4.90 Å². The van der Waals surface area contributed by atoms with Gasteiger partial charge in [-0.2, -0.15) is 0 Å². The summed E-state index contributed by atoms with van der Waals surface area (Å²) in [4.78, 5) is 14.0. The Morgan fingerprint density at radius 2 is 1.82 bits per heavy atom. The van der Waals surface area contributed by atoms with Gasteiger partial charge in [0.05, 0.1) is 5.41 Å². The molecule has 1 heterocycles. The number of hydrogen-bond acceptors (Lipinski definition) is 2. The SMILES string of the molecule is CC(N1CCC(C(=O)O)(C(C)C)C1)C1(C)CC1. The van der Waals surface area contributed by atoms with Gasteiger partial charge in [0.1, 0.15) is 0 Å². The van der Waals surface area contributed by atoms with Crippen molar-refractivity contribution in [1.29, 1.82) is 0 Å². The van der Waals surface area contributed by atoms with Crippen LogP contribution >= 0.6 is 0 Å². The molecular formula is C14H25NO2. The van der Waals surface area contributed by atoms with Crippen LogP contribution in [0.2, 0.25) is 0 Å². The third kappa shape index (κ3) is 1.99. The third-order valence-electron chi connectivity index (χ3n) is 5.46. The smallest absolute Gasteiger partial charge is 0.311 e. The van der Waals surface area contributed by atoms with Crippen LogP contribution in [0.4, 0.5) is 0 Å². The average molecular weight is 239 g/mol. The zero-order valence-electron chi connectivity index (χ0n) is 11.5. The molecular weight excluding hydrogens is 214 g/mol. The fourth-order valence-electron chi connectivity index (χ4n) is 3.14. The van der Waals surface area contributed by atoms with E-state index in [0.717, 1.165) is 19.5 Å². The zero-order chi connectivity index (χ0) is 12.8. The number of likely N-dealkylation sites (tertiary alicyclic amines) is 1. The number of rotatable bonds is 4. The van der Waals surface area contributed by atoms with E-state index in [2.05, 4.69) is 18.7 Å². The van der Waals surface area contributed by atoms with Crippen LogP contribution in [0.5, 0.6) is 0 Å². The molecule has 0 aromatic heterocycles. The molecule has 2 rings (SSSR count). The van der Waals surface area contributed by atoms with Crippen LogP contribution in [0.3, 0.4) is 0 Å². The molecule has 0 bridgehead atoms. The Labute approximate surface area is 104 Å². The molecule has 0 amide bonds. The highest BCUT2D eigenvalue weighted by Crippen LogP contribution is 2.51. The number of hydrogen-bond donors (Lipinski definition) is 1. The third-order valence-corrected chi connectivity index (χ3v) is 5.46. The Morgan fingerprint density at radius 3 is 2.18 bits per heavy atom. The maximum Gasteiger partial charge on any atom is 0.311 e. The second-order valence-corrected chi connectivity index (χ2v) is 6.67. The normalized spacial score (nSPS) is 33.9. The highest BCUT2D eigenvalue weighted by molar-refractivity contribution is 5.75. The minimum absolute atomic E-state index is 0.212. The number of nitrogens with zero attached hydrogens (tertiary/aromatic N) is 1. The molecule has 0 radical (unpaired) electrons. The lowest BCUT2D eigenvalue weighted by Crippen LogP contribution is -2.43. The second kappa shape index (κ2) is 3.98. The summed E-state index contributed by atoms with van der Waals surface area (Å²) in [5, 5.41) is 9.53. The van der Waals surface area contributed by atoms with Crippen LogP contribution in [-0.2, 0) is 4.79 Å². The van der Waals surface area contributed by atoms with E-state index in [9.17, 15) is 9.90 Å². The first kappa shape index (κ1) is 12.9. The summed E-state index contributed by atoms with van der Waals surface area (Å²) in [5.74, 6) is -0.396. The van der Waals surface area contributed by atoms with E-state index >= 15 is 0 Å². The standard InChI is InChI=1S/C14H25NO2/c1-10(2)14(12(16)17)7-8-15(9-14)11(3)13(4)5-6-13/h10-11H,5-9H2,1-4H3,(H,16,17). The van der Waals surface area contributed by atoms with Gasteiger partial charge < -0.3 is 5.11 Å².